The topological polar surface area (TPSA) is 3.24 Å². The lowest BCUT2D eigenvalue weighted by Crippen LogP contribution is -2.39. The zero-order valence-corrected chi connectivity index (χ0v) is 10.7. The molecular weight excluding hydrogens is 213 g/mol. The van der Waals surface area contributed by atoms with Gasteiger partial charge in [0.2, 0.25) is 0 Å². The summed E-state index contributed by atoms with van der Waals surface area (Å²) in [6, 6.07) is 10.4. The van der Waals surface area contributed by atoms with Gasteiger partial charge in [0.05, 0.1) is 0 Å². The average Bonchev–Trinajstić information content (AvgIpc) is 2.35. The molecule has 0 aliphatic carbocycles. The van der Waals surface area contributed by atoms with Crippen molar-refractivity contribution in [1.82, 2.24) is 4.90 Å². The molecule has 2 heteroatoms. The molecule has 0 atom stereocenters. The van der Waals surface area contributed by atoms with Crippen LogP contribution in [0.3, 0.4) is 0 Å². The molecular formula is C15H22FN. The maximum Gasteiger partial charge on any atom is 0.113 e. The molecule has 17 heavy (non-hydrogen) atoms. The summed E-state index contributed by atoms with van der Waals surface area (Å²) < 4.78 is 14.4. The SMILES string of the molecule is CN1CCC(F)(CCCc2ccccc2)CC1. The fourth-order valence-corrected chi connectivity index (χ4v) is 2.52. The molecule has 1 aliphatic rings. The Labute approximate surface area is 104 Å². The molecule has 1 aliphatic heterocycles. The molecule has 1 fully saturated rings. The maximum atomic E-state index is 14.4. The van der Waals surface area contributed by atoms with Crippen molar-refractivity contribution in [2.75, 3.05) is 20.1 Å². The molecule has 1 saturated heterocycles. The van der Waals surface area contributed by atoms with Crippen LogP contribution in [0, 0.1) is 0 Å². The molecule has 0 saturated carbocycles. The molecule has 0 radical (unpaired) electrons. The third-order valence-electron chi connectivity index (χ3n) is 3.82. The maximum absolute atomic E-state index is 14.4. The van der Waals surface area contributed by atoms with Gasteiger partial charge in [0.1, 0.15) is 5.67 Å². The molecule has 0 bridgehead atoms. The number of alkyl halides is 1. The van der Waals surface area contributed by atoms with Crippen LogP contribution in [-0.2, 0) is 6.42 Å². The van der Waals surface area contributed by atoms with Crippen molar-refractivity contribution in [2.24, 2.45) is 0 Å². The molecule has 0 N–H and O–H groups in total. The van der Waals surface area contributed by atoms with E-state index in [-0.39, 0.29) is 0 Å². The highest BCUT2D eigenvalue weighted by Gasteiger charge is 2.32. The lowest BCUT2D eigenvalue weighted by atomic mass is 9.88. The van der Waals surface area contributed by atoms with Crippen LogP contribution in [0.1, 0.15) is 31.2 Å². The van der Waals surface area contributed by atoms with Crippen molar-refractivity contribution in [3.05, 3.63) is 35.9 Å². The second-order valence-corrected chi connectivity index (χ2v) is 5.29. The highest BCUT2D eigenvalue weighted by atomic mass is 19.1. The molecule has 1 heterocycles. The van der Waals surface area contributed by atoms with Crippen molar-refractivity contribution >= 4 is 0 Å². The van der Waals surface area contributed by atoms with E-state index < -0.39 is 5.67 Å². The fraction of sp³-hybridized carbons (Fsp3) is 0.600. The second kappa shape index (κ2) is 5.63. The summed E-state index contributed by atoms with van der Waals surface area (Å²) in [5.74, 6) is 0. The number of piperidine rings is 1. The molecule has 1 aromatic carbocycles. The van der Waals surface area contributed by atoms with Crippen molar-refractivity contribution in [1.29, 1.82) is 0 Å². The van der Waals surface area contributed by atoms with Gasteiger partial charge >= 0.3 is 0 Å². The quantitative estimate of drug-likeness (QED) is 0.772. The Morgan fingerprint density at radius 3 is 2.47 bits per heavy atom. The number of benzene rings is 1. The normalized spacial score (nSPS) is 20.4. The number of hydrogen-bond acceptors (Lipinski definition) is 1. The summed E-state index contributed by atoms with van der Waals surface area (Å²) in [6.45, 7) is 1.81. The Kier molecular flexibility index (Phi) is 4.16. The van der Waals surface area contributed by atoms with Crippen molar-refractivity contribution in [3.63, 3.8) is 0 Å². The lowest BCUT2D eigenvalue weighted by molar-refractivity contribution is 0.0596. The van der Waals surface area contributed by atoms with Crippen LogP contribution >= 0.6 is 0 Å². The van der Waals surface area contributed by atoms with Crippen LogP contribution in [0.2, 0.25) is 0 Å². The van der Waals surface area contributed by atoms with Gasteiger partial charge in [-0.15, -0.1) is 0 Å². The van der Waals surface area contributed by atoms with Gasteiger partial charge in [0.15, 0.2) is 0 Å². The first-order valence-electron chi connectivity index (χ1n) is 6.59. The summed E-state index contributed by atoms with van der Waals surface area (Å²) in [7, 11) is 2.07. The van der Waals surface area contributed by atoms with Crippen molar-refractivity contribution < 1.29 is 4.39 Å². The number of rotatable bonds is 4. The molecule has 2 rings (SSSR count). The summed E-state index contributed by atoms with van der Waals surface area (Å²) in [5.41, 5.74) is 0.422. The second-order valence-electron chi connectivity index (χ2n) is 5.29. The molecule has 1 aromatic rings. The Bertz CT molecular complexity index is 328. The standard InChI is InChI=1S/C15H22FN/c1-17-12-10-15(16,11-13-17)9-5-8-14-6-3-2-4-7-14/h2-4,6-7H,5,8-13H2,1H3. The van der Waals surface area contributed by atoms with Crippen LogP contribution < -0.4 is 0 Å². The lowest BCUT2D eigenvalue weighted by Gasteiger charge is -2.34. The molecule has 0 amide bonds. The minimum absolute atomic E-state index is 0.707. The third kappa shape index (κ3) is 3.81. The van der Waals surface area contributed by atoms with Crippen LogP contribution in [0.4, 0.5) is 4.39 Å². The Balaban J connectivity index is 1.75. The Hall–Kier alpha value is -0.890. The minimum atomic E-state index is -0.901. The fourth-order valence-electron chi connectivity index (χ4n) is 2.52. The zero-order chi connectivity index (χ0) is 12.1. The predicted octanol–water partition coefficient (Wildman–Crippen LogP) is 3.44. The summed E-state index contributed by atoms with van der Waals surface area (Å²) >= 11 is 0. The monoisotopic (exact) mass is 235 g/mol. The smallest absolute Gasteiger partial charge is 0.113 e. The average molecular weight is 235 g/mol. The number of halogens is 1. The van der Waals surface area contributed by atoms with E-state index in [0.717, 1.165) is 32.4 Å². The molecule has 1 nitrogen and oxygen atoms in total. The largest absolute Gasteiger partial charge is 0.306 e. The Morgan fingerprint density at radius 1 is 1.18 bits per heavy atom. The van der Waals surface area contributed by atoms with Gasteiger partial charge in [-0.2, -0.15) is 0 Å². The predicted molar refractivity (Wildman–Crippen MR) is 70.0 cm³/mol. The van der Waals surface area contributed by atoms with E-state index in [2.05, 4.69) is 36.2 Å². The highest BCUT2D eigenvalue weighted by Crippen LogP contribution is 2.31. The van der Waals surface area contributed by atoms with Gasteiger partial charge in [-0.3, -0.25) is 0 Å². The molecule has 94 valence electrons. The molecule has 0 unspecified atom stereocenters. The first-order chi connectivity index (χ1) is 8.18. The molecule has 0 aromatic heterocycles. The first-order valence-corrected chi connectivity index (χ1v) is 6.59. The van der Waals surface area contributed by atoms with E-state index in [9.17, 15) is 4.39 Å². The zero-order valence-electron chi connectivity index (χ0n) is 10.7. The summed E-state index contributed by atoms with van der Waals surface area (Å²) in [4.78, 5) is 2.22. The molecule has 0 spiro atoms. The van der Waals surface area contributed by atoms with E-state index in [4.69, 9.17) is 0 Å². The van der Waals surface area contributed by atoms with E-state index >= 15 is 0 Å². The van der Waals surface area contributed by atoms with Crippen LogP contribution in [-0.4, -0.2) is 30.7 Å². The van der Waals surface area contributed by atoms with Crippen molar-refractivity contribution in [3.8, 4) is 0 Å². The summed E-state index contributed by atoms with van der Waals surface area (Å²) in [6.07, 6.45) is 4.10. The van der Waals surface area contributed by atoms with E-state index in [0.29, 0.717) is 12.8 Å². The van der Waals surface area contributed by atoms with Gasteiger partial charge in [0, 0.05) is 13.1 Å². The number of hydrogen-bond donors (Lipinski definition) is 0. The van der Waals surface area contributed by atoms with Gasteiger partial charge in [-0.25, -0.2) is 4.39 Å². The van der Waals surface area contributed by atoms with Crippen LogP contribution in [0.25, 0.3) is 0 Å². The van der Waals surface area contributed by atoms with Crippen LogP contribution in [0.15, 0.2) is 30.3 Å². The van der Waals surface area contributed by atoms with Crippen molar-refractivity contribution in [2.45, 2.75) is 37.8 Å². The number of nitrogens with zero attached hydrogens (tertiary/aromatic N) is 1. The number of aryl methyl sites for hydroxylation is 1. The van der Waals surface area contributed by atoms with Gasteiger partial charge in [-0.1, -0.05) is 30.3 Å². The third-order valence-corrected chi connectivity index (χ3v) is 3.82. The number of likely N-dealkylation sites (tertiary alicyclic amines) is 1. The van der Waals surface area contributed by atoms with E-state index in [1.165, 1.54) is 5.56 Å². The first kappa shape index (κ1) is 12.6. The van der Waals surface area contributed by atoms with Gasteiger partial charge in [0.25, 0.3) is 0 Å². The van der Waals surface area contributed by atoms with Crippen LogP contribution in [0.5, 0.6) is 0 Å². The Morgan fingerprint density at radius 2 is 1.82 bits per heavy atom. The van der Waals surface area contributed by atoms with Gasteiger partial charge in [-0.05, 0) is 44.7 Å². The minimum Gasteiger partial charge on any atom is -0.306 e. The van der Waals surface area contributed by atoms with Gasteiger partial charge < -0.3 is 4.90 Å². The van der Waals surface area contributed by atoms with E-state index in [1.807, 2.05) is 6.07 Å². The highest BCUT2D eigenvalue weighted by molar-refractivity contribution is 5.14. The summed E-state index contributed by atoms with van der Waals surface area (Å²) in [5, 5.41) is 0. The van der Waals surface area contributed by atoms with E-state index in [1.54, 1.807) is 0 Å².